The first-order chi connectivity index (χ1) is 26.0. The number of carbonyl (C=O) groups excluding carboxylic acids is 1. The molecular formula is C47H89NO5. The lowest BCUT2D eigenvalue weighted by Gasteiger charge is -2.27. The predicted octanol–water partition coefficient (Wildman–Crippen LogP) is 12.1. The van der Waals surface area contributed by atoms with Crippen LogP contribution < -0.4 is 5.32 Å². The molecule has 0 fully saturated rings. The summed E-state index contributed by atoms with van der Waals surface area (Å²) >= 11 is 0. The number of allylic oxidation sites excluding steroid dienone is 6. The Morgan fingerprint density at radius 3 is 1.26 bits per heavy atom. The average Bonchev–Trinajstić information content (AvgIpc) is 3.16. The number of unbranched alkanes of at least 4 members (excludes halogenated alkanes) is 26. The Balaban J connectivity index is 3.64. The summed E-state index contributed by atoms with van der Waals surface area (Å²) in [7, 11) is 0. The summed E-state index contributed by atoms with van der Waals surface area (Å²) in [5.41, 5.74) is 0. The van der Waals surface area contributed by atoms with E-state index >= 15 is 0 Å². The van der Waals surface area contributed by atoms with Crippen LogP contribution in [0, 0.1) is 0 Å². The second-order valence-corrected chi connectivity index (χ2v) is 15.7. The molecule has 0 aromatic carbocycles. The first-order valence-corrected chi connectivity index (χ1v) is 22.9. The van der Waals surface area contributed by atoms with Crippen LogP contribution in [0.4, 0.5) is 0 Å². The highest BCUT2D eigenvalue weighted by atomic mass is 16.3. The summed E-state index contributed by atoms with van der Waals surface area (Å²) < 4.78 is 0. The van der Waals surface area contributed by atoms with Crippen LogP contribution >= 0.6 is 0 Å². The second-order valence-electron chi connectivity index (χ2n) is 15.7. The third kappa shape index (κ3) is 36.0. The van der Waals surface area contributed by atoms with Crippen LogP contribution in [0.3, 0.4) is 0 Å². The van der Waals surface area contributed by atoms with Gasteiger partial charge in [-0.25, -0.2) is 0 Å². The zero-order valence-electron chi connectivity index (χ0n) is 35.0. The van der Waals surface area contributed by atoms with Gasteiger partial charge in [-0.15, -0.1) is 0 Å². The fourth-order valence-corrected chi connectivity index (χ4v) is 6.89. The van der Waals surface area contributed by atoms with Crippen molar-refractivity contribution >= 4 is 5.91 Å². The van der Waals surface area contributed by atoms with Crippen LogP contribution in [0.5, 0.6) is 0 Å². The van der Waals surface area contributed by atoms with E-state index in [1.165, 1.54) is 148 Å². The molecule has 0 aromatic rings. The molecule has 0 rings (SSSR count). The van der Waals surface area contributed by atoms with Crippen molar-refractivity contribution in [3.63, 3.8) is 0 Å². The van der Waals surface area contributed by atoms with Crippen LogP contribution in [-0.4, -0.2) is 57.3 Å². The van der Waals surface area contributed by atoms with Gasteiger partial charge in [0.15, 0.2) is 0 Å². The molecule has 53 heavy (non-hydrogen) atoms. The van der Waals surface area contributed by atoms with E-state index in [0.29, 0.717) is 19.3 Å². The zero-order chi connectivity index (χ0) is 38.9. The van der Waals surface area contributed by atoms with Crippen molar-refractivity contribution in [2.75, 3.05) is 6.61 Å². The maximum Gasteiger partial charge on any atom is 0.249 e. The molecule has 0 aliphatic rings. The number of aliphatic hydroxyl groups excluding tert-OH is 4. The standard InChI is InChI=1S/C47H89NO5/c1-3-5-7-9-11-13-15-16-17-18-19-20-21-22-23-24-25-26-27-28-29-30-31-33-35-37-39-41-45(51)47(53)48-43(42-49)46(52)44(50)40-38-36-34-32-14-12-10-8-6-4-2/h8,10,22-23,32,34,43-46,49-52H,3-7,9,11-21,24-31,33,35-42H2,1-2H3,(H,48,53)/b10-8+,23-22-,34-32+. The van der Waals surface area contributed by atoms with Gasteiger partial charge < -0.3 is 25.7 Å². The van der Waals surface area contributed by atoms with E-state index in [9.17, 15) is 25.2 Å². The maximum absolute atomic E-state index is 12.5. The summed E-state index contributed by atoms with van der Waals surface area (Å²) in [6, 6.07) is -1.01. The SMILES string of the molecule is CCC/C=C/CC/C=C/CCCC(O)C(O)C(CO)NC(=O)C(O)CCCCCCCCCCCCC/C=C\CCCCCCCCCCCCCC. The van der Waals surface area contributed by atoms with Gasteiger partial charge in [-0.05, 0) is 70.6 Å². The third-order valence-electron chi connectivity index (χ3n) is 10.5. The minimum atomic E-state index is -1.29. The number of hydrogen-bond donors (Lipinski definition) is 5. The Kier molecular flexibility index (Phi) is 40.5. The maximum atomic E-state index is 12.5. The normalized spacial score (nSPS) is 14.5. The number of rotatable bonds is 41. The second kappa shape index (κ2) is 41.7. The van der Waals surface area contributed by atoms with Gasteiger partial charge in [-0.2, -0.15) is 0 Å². The summed E-state index contributed by atoms with van der Waals surface area (Å²) in [6.45, 7) is 3.95. The summed E-state index contributed by atoms with van der Waals surface area (Å²) in [4.78, 5) is 12.5. The third-order valence-corrected chi connectivity index (χ3v) is 10.5. The van der Waals surface area contributed by atoms with E-state index in [0.717, 1.165) is 44.9 Å². The highest BCUT2D eigenvalue weighted by molar-refractivity contribution is 5.80. The number of nitrogens with one attached hydrogen (secondary N) is 1. The van der Waals surface area contributed by atoms with Crippen molar-refractivity contribution in [1.29, 1.82) is 0 Å². The Morgan fingerprint density at radius 1 is 0.453 bits per heavy atom. The molecule has 0 aliphatic carbocycles. The van der Waals surface area contributed by atoms with E-state index in [1.54, 1.807) is 0 Å². The van der Waals surface area contributed by atoms with Crippen molar-refractivity contribution in [1.82, 2.24) is 5.32 Å². The molecule has 0 saturated heterocycles. The molecule has 0 radical (unpaired) electrons. The van der Waals surface area contributed by atoms with Crippen LogP contribution in [0.25, 0.3) is 0 Å². The lowest BCUT2D eigenvalue weighted by molar-refractivity contribution is -0.132. The Morgan fingerprint density at radius 2 is 0.830 bits per heavy atom. The Labute approximate surface area is 328 Å². The Bertz CT molecular complexity index is 843. The minimum absolute atomic E-state index is 0.359. The smallest absolute Gasteiger partial charge is 0.249 e. The fourth-order valence-electron chi connectivity index (χ4n) is 6.89. The molecule has 0 saturated carbocycles. The van der Waals surface area contributed by atoms with E-state index in [2.05, 4.69) is 55.6 Å². The monoisotopic (exact) mass is 748 g/mol. The average molecular weight is 748 g/mol. The van der Waals surface area contributed by atoms with E-state index < -0.39 is 36.9 Å². The molecule has 0 bridgehead atoms. The van der Waals surface area contributed by atoms with Gasteiger partial charge in [0, 0.05) is 0 Å². The van der Waals surface area contributed by atoms with Gasteiger partial charge in [-0.3, -0.25) is 4.79 Å². The van der Waals surface area contributed by atoms with E-state index in [1.807, 2.05) is 0 Å². The molecule has 4 unspecified atom stereocenters. The first-order valence-electron chi connectivity index (χ1n) is 22.9. The lowest BCUT2D eigenvalue weighted by Crippen LogP contribution is -2.53. The van der Waals surface area contributed by atoms with Crippen molar-refractivity contribution in [3.8, 4) is 0 Å². The number of hydrogen-bond acceptors (Lipinski definition) is 5. The largest absolute Gasteiger partial charge is 0.394 e. The molecule has 6 heteroatoms. The topological polar surface area (TPSA) is 110 Å². The van der Waals surface area contributed by atoms with Gasteiger partial charge in [0.1, 0.15) is 12.2 Å². The summed E-state index contributed by atoms with van der Waals surface area (Å²) in [5, 5.41) is 43.5. The number of amides is 1. The molecular weight excluding hydrogens is 659 g/mol. The molecule has 4 atom stereocenters. The van der Waals surface area contributed by atoms with Crippen LogP contribution in [0.1, 0.15) is 226 Å². The molecule has 312 valence electrons. The minimum Gasteiger partial charge on any atom is -0.394 e. The van der Waals surface area contributed by atoms with E-state index in [-0.39, 0.29) is 0 Å². The molecule has 5 N–H and O–H groups in total. The van der Waals surface area contributed by atoms with Crippen molar-refractivity contribution in [2.45, 2.75) is 250 Å². The number of aliphatic hydroxyl groups is 4. The summed E-state index contributed by atoms with van der Waals surface area (Å²) in [6.07, 6.45) is 49.2. The van der Waals surface area contributed by atoms with Crippen LogP contribution in [0.2, 0.25) is 0 Å². The fraction of sp³-hybridized carbons (Fsp3) is 0.851. The van der Waals surface area contributed by atoms with Gasteiger partial charge in [-0.1, -0.05) is 192 Å². The molecule has 0 spiro atoms. The van der Waals surface area contributed by atoms with Gasteiger partial charge in [0.25, 0.3) is 0 Å². The Hall–Kier alpha value is -1.47. The highest BCUT2D eigenvalue weighted by Crippen LogP contribution is 2.16. The predicted molar refractivity (Wildman–Crippen MR) is 228 cm³/mol. The van der Waals surface area contributed by atoms with E-state index in [4.69, 9.17) is 0 Å². The highest BCUT2D eigenvalue weighted by Gasteiger charge is 2.28. The molecule has 1 amide bonds. The van der Waals surface area contributed by atoms with Gasteiger partial charge in [0.05, 0.1) is 18.8 Å². The quantitative estimate of drug-likeness (QED) is 0.0316. The lowest BCUT2D eigenvalue weighted by atomic mass is 10.00. The molecule has 0 aliphatic heterocycles. The van der Waals surface area contributed by atoms with Crippen molar-refractivity contribution in [3.05, 3.63) is 36.5 Å². The van der Waals surface area contributed by atoms with Gasteiger partial charge in [0.2, 0.25) is 5.91 Å². The first kappa shape index (κ1) is 51.5. The molecule has 0 aromatic heterocycles. The van der Waals surface area contributed by atoms with Crippen molar-refractivity contribution in [2.24, 2.45) is 0 Å². The van der Waals surface area contributed by atoms with Crippen LogP contribution in [0.15, 0.2) is 36.5 Å². The van der Waals surface area contributed by atoms with Crippen LogP contribution in [-0.2, 0) is 4.79 Å². The van der Waals surface area contributed by atoms with Crippen molar-refractivity contribution < 1.29 is 25.2 Å². The van der Waals surface area contributed by atoms with Gasteiger partial charge >= 0.3 is 0 Å². The summed E-state index contributed by atoms with van der Waals surface area (Å²) in [5.74, 6) is -0.600. The molecule has 0 heterocycles. The zero-order valence-corrected chi connectivity index (χ0v) is 35.0. The number of carbonyl (C=O) groups is 1. The molecule has 6 nitrogen and oxygen atoms in total.